The van der Waals surface area contributed by atoms with E-state index in [-0.39, 0.29) is 23.6 Å². The van der Waals surface area contributed by atoms with Crippen molar-refractivity contribution in [3.8, 4) is 0 Å². The lowest BCUT2D eigenvalue weighted by Crippen LogP contribution is -2.49. The molecular formula is C24H25NO5. The molecule has 1 amide bonds. The minimum absolute atomic E-state index is 0.109. The van der Waals surface area contributed by atoms with Crippen LogP contribution in [0.1, 0.15) is 36.3 Å². The summed E-state index contributed by atoms with van der Waals surface area (Å²) >= 11 is 0. The van der Waals surface area contributed by atoms with Crippen LogP contribution >= 0.6 is 0 Å². The average Bonchev–Trinajstić information content (AvgIpc) is 3.19. The zero-order valence-electron chi connectivity index (χ0n) is 17.1. The number of hydrogen-bond acceptors (Lipinski definition) is 5. The Morgan fingerprint density at radius 1 is 1.07 bits per heavy atom. The molecule has 2 aliphatic heterocycles. The molecule has 2 aromatic rings. The molecule has 1 fully saturated rings. The fraction of sp³-hybridized carbons (Fsp3) is 0.333. The van der Waals surface area contributed by atoms with E-state index >= 15 is 0 Å². The smallest absolute Gasteiger partial charge is 0.413 e. The van der Waals surface area contributed by atoms with Crippen molar-refractivity contribution in [2.24, 2.45) is 0 Å². The summed E-state index contributed by atoms with van der Waals surface area (Å²) in [4.78, 5) is 26.8. The molecule has 0 aliphatic carbocycles. The van der Waals surface area contributed by atoms with Gasteiger partial charge in [-0.3, -0.25) is 4.90 Å². The van der Waals surface area contributed by atoms with Crippen molar-refractivity contribution >= 4 is 12.1 Å². The highest BCUT2D eigenvalue weighted by atomic mass is 16.6. The summed E-state index contributed by atoms with van der Waals surface area (Å²) in [5, 5.41) is 0. The number of ether oxygens (including phenoxy) is 3. The maximum absolute atomic E-state index is 12.7. The molecule has 0 saturated carbocycles. The monoisotopic (exact) mass is 407 g/mol. The number of carbonyl (C=O) groups is 2. The van der Waals surface area contributed by atoms with Gasteiger partial charge in [0.25, 0.3) is 0 Å². The van der Waals surface area contributed by atoms with Crippen molar-refractivity contribution in [1.29, 1.82) is 0 Å². The van der Waals surface area contributed by atoms with Crippen LogP contribution in [0.3, 0.4) is 0 Å². The lowest BCUT2D eigenvalue weighted by molar-refractivity contribution is -0.145. The molecule has 0 N–H and O–H groups in total. The molecule has 6 heteroatoms. The van der Waals surface area contributed by atoms with Crippen LogP contribution < -0.4 is 0 Å². The van der Waals surface area contributed by atoms with Crippen LogP contribution in [0.25, 0.3) is 0 Å². The van der Waals surface area contributed by atoms with Gasteiger partial charge in [0.05, 0.1) is 19.1 Å². The molecular weight excluding hydrogens is 382 g/mol. The molecule has 30 heavy (non-hydrogen) atoms. The van der Waals surface area contributed by atoms with Gasteiger partial charge in [0.15, 0.2) is 6.23 Å². The molecule has 156 valence electrons. The minimum Gasteiger partial charge on any atom is -0.463 e. The standard InChI is InChI=1S/C24H25NO5/c1-3-18-15-29-24(27)25(18)22-21(17-12-8-5-9-13-17)19(16-10-6-4-7-11-16)14-20(30-22)23(26)28-2/h4-14,18-19,21-22H,3,15H2,1-2H3/t18-,19+,21+,22+/m1/s1. The second-order valence-corrected chi connectivity index (χ2v) is 7.45. The highest BCUT2D eigenvalue weighted by molar-refractivity contribution is 5.86. The largest absolute Gasteiger partial charge is 0.463 e. The van der Waals surface area contributed by atoms with Crippen LogP contribution in [0, 0.1) is 0 Å². The predicted molar refractivity (Wildman–Crippen MR) is 111 cm³/mol. The molecule has 0 spiro atoms. The Kier molecular flexibility index (Phi) is 5.74. The van der Waals surface area contributed by atoms with E-state index in [1.165, 1.54) is 7.11 Å². The molecule has 4 atom stereocenters. The quantitative estimate of drug-likeness (QED) is 0.695. The number of esters is 1. The van der Waals surface area contributed by atoms with Crippen molar-refractivity contribution in [2.75, 3.05) is 13.7 Å². The van der Waals surface area contributed by atoms with Gasteiger partial charge < -0.3 is 14.2 Å². The molecule has 1 saturated heterocycles. The van der Waals surface area contributed by atoms with Gasteiger partial charge in [-0.1, -0.05) is 67.6 Å². The predicted octanol–water partition coefficient (Wildman–Crippen LogP) is 4.20. The number of benzene rings is 2. The number of methoxy groups -OCH3 is 1. The number of cyclic esters (lactones) is 1. The number of amides is 1. The summed E-state index contributed by atoms with van der Waals surface area (Å²) in [5.74, 6) is -0.861. The molecule has 4 rings (SSSR count). The number of carbonyl (C=O) groups excluding carboxylic acids is 2. The molecule has 2 heterocycles. The SMILES string of the molecule is CC[C@@H]1COC(=O)N1[C@H]1OC(C(=O)OC)=C[C@@H](c2ccccc2)[C@@H]1c1ccccc1. The second-order valence-electron chi connectivity index (χ2n) is 7.45. The van der Waals surface area contributed by atoms with Crippen molar-refractivity contribution < 1.29 is 23.8 Å². The summed E-state index contributed by atoms with van der Waals surface area (Å²) < 4.78 is 16.4. The van der Waals surface area contributed by atoms with Gasteiger partial charge >= 0.3 is 12.1 Å². The van der Waals surface area contributed by atoms with Crippen molar-refractivity contribution in [1.82, 2.24) is 4.90 Å². The van der Waals surface area contributed by atoms with Gasteiger partial charge in [-0.05, 0) is 23.6 Å². The van der Waals surface area contributed by atoms with Crippen LogP contribution in [0.15, 0.2) is 72.5 Å². The first kappa shape index (κ1) is 20.0. The normalized spacial score (nSPS) is 25.9. The van der Waals surface area contributed by atoms with Gasteiger partial charge in [0.1, 0.15) is 6.61 Å². The molecule has 0 radical (unpaired) electrons. The van der Waals surface area contributed by atoms with Gasteiger partial charge in [-0.2, -0.15) is 0 Å². The summed E-state index contributed by atoms with van der Waals surface area (Å²) in [5.41, 5.74) is 2.05. The van der Waals surface area contributed by atoms with Gasteiger partial charge in [0, 0.05) is 5.92 Å². The average molecular weight is 407 g/mol. The van der Waals surface area contributed by atoms with Crippen molar-refractivity contribution in [2.45, 2.75) is 37.5 Å². The van der Waals surface area contributed by atoms with Gasteiger partial charge in [0.2, 0.25) is 5.76 Å². The Hall–Kier alpha value is -3.28. The van der Waals surface area contributed by atoms with Crippen LogP contribution in [0.4, 0.5) is 4.79 Å². The van der Waals surface area contributed by atoms with Crippen LogP contribution in [0.2, 0.25) is 0 Å². The summed E-state index contributed by atoms with van der Waals surface area (Å²) in [6.45, 7) is 2.32. The first-order valence-electron chi connectivity index (χ1n) is 10.2. The topological polar surface area (TPSA) is 65.1 Å². The van der Waals surface area contributed by atoms with Gasteiger partial charge in [-0.25, -0.2) is 9.59 Å². The third kappa shape index (κ3) is 3.65. The first-order valence-corrected chi connectivity index (χ1v) is 10.2. The van der Waals surface area contributed by atoms with E-state index in [4.69, 9.17) is 14.2 Å². The zero-order valence-corrected chi connectivity index (χ0v) is 17.1. The fourth-order valence-corrected chi connectivity index (χ4v) is 4.26. The number of nitrogens with zero attached hydrogens (tertiary/aromatic N) is 1. The molecule has 6 nitrogen and oxygen atoms in total. The highest BCUT2D eigenvalue weighted by Crippen LogP contribution is 2.45. The third-order valence-corrected chi connectivity index (χ3v) is 5.78. The number of allylic oxidation sites excluding steroid dienone is 1. The number of hydrogen-bond donors (Lipinski definition) is 0. The van der Waals surface area contributed by atoms with Crippen LogP contribution in [0.5, 0.6) is 0 Å². The molecule has 2 aliphatic rings. The van der Waals surface area contributed by atoms with E-state index in [2.05, 4.69) is 0 Å². The summed E-state index contributed by atoms with van der Waals surface area (Å²) in [6, 6.07) is 19.7. The Morgan fingerprint density at radius 3 is 2.30 bits per heavy atom. The second kappa shape index (κ2) is 8.61. The van der Waals surface area contributed by atoms with Crippen molar-refractivity contribution in [3.63, 3.8) is 0 Å². The van der Waals surface area contributed by atoms with E-state index in [9.17, 15) is 9.59 Å². The van der Waals surface area contributed by atoms with E-state index < -0.39 is 18.3 Å². The molecule has 2 aromatic carbocycles. The summed E-state index contributed by atoms with van der Waals surface area (Å²) in [6.07, 6.45) is 1.40. The first-order chi connectivity index (χ1) is 14.6. The Labute approximate surface area is 176 Å². The Morgan fingerprint density at radius 2 is 1.70 bits per heavy atom. The minimum atomic E-state index is -0.698. The lowest BCUT2D eigenvalue weighted by Gasteiger charge is -2.42. The fourth-order valence-electron chi connectivity index (χ4n) is 4.26. The molecule has 0 bridgehead atoms. The van der Waals surface area contributed by atoms with Crippen molar-refractivity contribution in [3.05, 3.63) is 83.6 Å². The zero-order chi connectivity index (χ0) is 21.1. The molecule has 0 aromatic heterocycles. The maximum Gasteiger partial charge on any atom is 0.413 e. The molecule has 0 unspecified atom stereocenters. The van der Waals surface area contributed by atoms with Gasteiger partial charge in [-0.15, -0.1) is 0 Å². The Balaban J connectivity index is 1.87. The maximum atomic E-state index is 12.7. The van der Waals surface area contributed by atoms with Crippen LogP contribution in [-0.4, -0.2) is 42.9 Å². The van der Waals surface area contributed by atoms with E-state index in [0.717, 1.165) is 17.5 Å². The number of rotatable bonds is 5. The Bertz CT molecular complexity index is 927. The van der Waals surface area contributed by atoms with E-state index in [0.29, 0.717) is 6.61 Å². The summed E-state index contributed by atoms with van der Waals surface area (Å²) in [7, 11) is 1.32. The van der Waals surface area contributed by atoms with E-state index in [1.54, 1.807) is 11.0 Å². The van der Waals surface area contributed by atoms with Crippen LogP contribution in [-0.2, 0) is 19.0 Å². The highest BCUT2D eigenvalue weighted by Gasteiger charge is 2.48. The third-order valence-electron chi connectivity index (χ3n) is 5.78. The lowest BCUT2D eigenvalue weighted by atomic mass is 9.78. The van der Waals surface area contributed by atoms with E-state index in [1.807, 2.05) is 67.6 Å².